The highest BCUT2D eigenvalue weighted by atomic mass is 16.2. The van der Waals surface area contributed by atoms with Crippen molar-refractivity contribution in [2.24, 2.45) is 0 Å². The SMILES string of the molecule is C[C@@H]1CCCN1C(=O)CC#N. The number of likely N-dealkylation sites (tertiary alicyclic amines) is 1. The lowest BCUT2D eigenvalue weighted by atomic mass is 10.2. The van der Waals surface area contributed by atoms with Gasteiger partial charge in [-0.2, -0.15) is 5.26 Å². The van der Waals surface area contributed by atoms with Crippen molar-refractivity contribution < 1.29 is 4.79 Å². The van der Waals surface area contributed by atoms with Crippen LogP contribution in [-0.4, -0.2) is 23.4 Å². The van der Waals surface area contributed by atoms with Gasteiger partial charge in [0.05, 0.1) is 6.07 Å². The summed E-state index contributed by atoms with van der Waals surface area (Å²) in [6.45, 7) is 2.87. The average Bonchev–Trinajstić information content (AvgIpc) is 2.36. The summed E-state index contributed by atoms with van der Waals surface area (Å²) in [6, 6.07) is 2.22. The summed E-state index contributed by atoms with van der Waals surface area (Å²) < 4.78 is 0. The van der Waals surface area contributed by atoms with Gasteiger partial charge >= 0.3 is 0 Å². The Kier molecular flexibility index (Phi) is 2.48. The Morgan fingerprint density at radius 3 is 3.00 bits per heavy atom. The molecule has 0 saturated carbocycles. The van der Waals surface area contributed by atoms with E-state index < -0.39 is 0 Å². The molecule has 3 heteroatoms. The van der Waals surface area contributed by atoms with Gasteiger partial charge in [-0.15, -0.1) is 0 Å². The molecule has 0 unspecified atom stereocenters. The first-order chi connectivity index (χ1) is 5.25. The largest absolute Gasteiger partial charge is 0.339 e. The van der Waals surface area contributed by atoms with Crippen LogP contribution >= 0.6 is 0 Å². The smallest absolute Gasteiger partial charge is 0.237 e. The van der Waals surface area contributed by atoms with Crippen LogP contribution in [0.5, 0.6) is 0 Å². The van der Waals surface area contributed by atoms with Crippen LogP contribution in [0.4, 0.5) is 0 Å². The second kappa shape index (κ2) is 3.38. The summed E-state index contributed by atoms with van der Waals surface area (Å²) in [5.74, 6) is -0.0162. The van der Waals surface area contributed by atoms with Gasteiger partial charge in [0.1, 0.15) is 6.42 Å². The molecule has 3 nitrogen and oxygen atoms in total. The van der Waals surface area contributed by atoms with E-state index in [1.807, 2.05) is 13.0 Å². The number of hydrogen-bond acceptors (Lipinski definition) is 2. The van der Waals surface area contributed by atoms with Gasteiger partial charge in [-0.25, -0.2) is 0 Å². The average molecular weight is 152 g/mol. The van der Waals surface area contributed by atoms with Gasteiger partial charge in [0.2, 0.25) is 5.91 Å². The highest BCUT2D eigenvalue weighted by molar-refractivity contribution is 5.78. The van der Waals surface area contributed by atoms with Gasteiger partial charge in [-0.3, -0.25) is 4.79 Å². The van der Waals surface area contributed by atoms with Gasteiger partial charge < -0.3 is 4.90 Å². The van der Waals surface area contributed by atoms with E-state index in [2.05, 4.69) is 0 Å². The van der Waals surface area contributed by atoms with Crippen LogP contribution in [0, 0.1) is 11.3 Å². The molecule has 1 aliphatic heterocycles. The van der Waals surface area contributed by atoms with E-state index in [-0.39, 0.29) is 12.3 Å². The van der Waals surface area contributed by atoms with Crippen molar-refractivity contribution in [1.29, 1.82) is 5.26 Å². The Balaban J connectivity index is 2.47. The number of rotatable bonds is 1. The van der Waals surface area contributed by atoms with Crippen LogP contribution in [0.1, 0.15) is 26.2 Å². The third-order valence-corrected chi connectivity index (χ3v) is 2.10. The van der Waals surface area contributed by atoms with Gasteiger partial charge in [-0.1, -0.05) is 0 Å². The number of nitrogens with zero attached hydrogens (tertiary/aromatic N) is 2. The van der Waals surface area contributed by atoms with E-state index >= 15 is 0 Å². The Bertz CT molecular complexity index is 195. The van der Waals surface area contributed by atoms with Crippen molar-refractivity contribution >= 4 is 5.91 Å². The zero-order valence-corrected chi connectivity index (χ0v) is 6.71. The van der Waals surface area contributed by atoms with Crippen LogP contribution in [0.2, 0.25) is 0 Å². The van der Waals surface area contributed by atoms with Crippen molar-refractivity contribution in [1.82, 2.24) is 4.90 Å². The molecule has 0 aliphatic carbocycles. The Morgan fingerprint density at radius 1 is 1.82 bits per heavy atom. The zero-order valence-electron chi connectivity index (χ0n) is 6.71. The highest BCUT2D eigenvalue weighted by Crippen LogP contribution is 2.16. The summed E-state index contributed by atoms with van der Waals surface area (Å²) in [5, 5.41) is 8.29. The van der Waals surface area contributed by atoms with Crippen molar-refractivity contribution in [3.05, 3.63) is 0 Å². The Hall–Kier alpha value is -1.04. The monoisotopic (exact) mass is 152 g/mol. The highest BCUT2D eigenvalue weighted by Gasteiger charge is 2.24. The molecule has 1 amide bonds. The van der Waals surface area contributed by atoms with Gasteiger partial charge in [0, 0.05) is 12.6 Å². The maximum absolute atomic E-state index is 11.2. The molecule has 1 aliphatic rings. The number of carbonyl (C=O) groups is 1. The fourth-order valence-electron chi connectivity index (χ4n) is 1.47. The molecule has 1 atom stereocenters. The van der Waals surface area contributed by atoms with E-state index in [4.69, 9.17) is 5.26 Å². The van der Waals surface area contributed by atoms with Crippen molar-refractivity contribution in [3.8, 4) is 6.07 Å². The van der Waals surface area contributed by atoms with Gasteiger partial charge in [0.25, 0.3) is 0 Å². The van der Waals surface area contributed by atoms with Crippen molar-refractivity contribution in [2.45, 2.75) is 32.2 Å². The zero-order chi connectivity index (χ0) is 8.27. The predicted molar refractivity (Wildman–Crippen MR) is 40.6 cm³/mol. The fourth-order valence-corrected chi connectivity index (χ4v) is 1.47. The molecule has 0 N–H and O–H groups in total. The van der Waals surface area contributed by atoms with E-state index in [9.17, 15) is 4.79 Å². The van der Waals surface area contributed by atoms with Crippen LogP contribution in [0.15, 0.2) is 0 Å². The van der Waals surface area contributed by atoms with Crippen LogP contribution in [-0.2, 0) is 4.79 Å². The van der Waals surface area contributed by atoms with Gasteiger partial charge in [-0.05, 0) is 19.8 Å². The summed E-state index contributed by atoms with van der Waals surface area (Å²) in [4.78, 5) is 13.0. The molecular weight excluding hydrogens is 140 g/mol. The summed E-state index contributed by atoms with van der Waals surface area (Å²) in [5.41, 5.74) is 0. The molecule has 0 bridgehead atoms. The molecule has 1 saturated heterocycles. The lowest BCUT2D eigenvalue weighted by Crippen LogP contribution is -2.33. The molecule has 11 heavy (non-hydrogen) atoms. The van der Waals surface area contributed by atoms with Gasteiger partial charge in [0.15, 0.2) is 0 Å². The molecule has 1 heterocycles. The lowest BCUT2D eigenvalue weighted by Gasteiger charge is -2.19. The first kappa shape index (κ1) is 8.06. The van der Waals surface area contributed by atoms with E-state index in [0.717, 1.165) is 19.4 Å². The summed E-state index contributed by atoms with van der Waals surface area (Å²) >= 11 is 0. The molecule has 0 aromatic carbocycles. The molecule has 0 aromatic rings. The topological polar surface area (TPSA) is 44.1 Å². The number of amides is 1. The minimum atomic E-state index is -0.0162. The lowest BCUT2D eigenvalue weighted by molar-refractivity contribution is -0.130. The first-order valence-corrected chi connectivity index (χ1v) is 3.92. The molecule has 0 radical (unpaired) electrons. The third kappa shape index (κ3) is 1.70. The van der Waals surface area contributed by atoms with E-state index in [1.165, 1.54) is 0 Å². The molecule has 0 spiro atoms. The maximum Gasteiger partial charge on any atom is 0.237 e. The van der Waals surface area contributed by atoms with Crippen LogP contribution < -0.4 is 0 Å². The second-order valence-electron chi connectivity index (χ2n) is 2.91. The maximum atomic E-state index is 11.2. The fraction of sp³-hybridized carbons (Fsp3) is 0.750. The summed E-state index contributed by atoms with van der Waals surface area (Å²) in [7, 11) is 0. The van der Waals surface area contributed by atoms with Crippen molar-refractivity contribution in [2.75, 3.05) is 6.54 Å². The third-order valence-electron chi connectivity index (χ3n) is 2.10. The summed E-state index contributed by atoms with van der Waals surface area (Å²) in [6.07, 6.45) is 2.19. The quantitative estimate of drug-likeness (QED) is 0.560. The van der Waals surface area contributed by atoms with Crippen LogP contribution in [0.25, 0.3) is 0 Å². The van der Waals surface area contributed by atoms with Crippen LogP contribution in [0.3, 0.4) is 0 Å². The number of hydrogen-bond donors (Lipinski definition) is 0. The van der Waals surface area contributed by atoms with E-state index in [1.54, 1.807) is 4.90 Å². The molecule has 1 rings (SSSR count). The Labute approximate surface area is 66.6 Å². The minimum absolute atomic E-state index is 0.0162. The number of carbonyl (C=O) groups excluding carboxylic acids is 1. The predicted octanol–water partition coefficient (Wildman–Crippen LogP) is 0.911. The minimum Gasteiger partial charge on any atom is -0.339 e. The molecule has 60 valence electrons. The van der Waals surface area contributed by atoms with E-state index in [0.29, 0.717) is 6.04 Å². The second-order valence-corrected chi connectivity index (χ2v) is 2.91. The number of nitriles is 1. The molecular formula is C8H12N2O. The normalized spacial score (nSPS) is 23.3. The molecule has 1 fully saturated rings. The van der Waals surface area contributed by atoms with Crippen molar-refractivity contribution in [3.63, 3.8) is 0 Å². The standard InChI is InChI=1S/C8H12N2O/c1-7-3-2-6-10(7)8(11)4-5-9/h7H,2-4,6H2,1H3/t7-/m1/s1. The Morgan fingerprint density at radius 2 is 2.55 bits per heavy atom. The molecule has 0 aromatic heterocycles. The first-order valence-electron chi connectivity index (χ1n) is 3.92.